The second kappa shape index (κ2) is 6.78. The molecule has 2 fully saturated rings. The van der Waals surface area contributed by atoms with Crippen molar-refractivity contribution < 1.29 is 13.2 Å². The van der Waals surface area contributed by atoms with Crippen LogP contribution in [-0.4, -0.2) is 48.5 Å². The van der Waals surface area contributed by atoms with E-state index >= 15 is 0 Å². The van der Waals surface area contributed by atoms with Gasteiger partial charge in [-0.2, -0.15) is 13.2 Å². The molecule has 0 aliphatic carbocycles. The monoisotopic (exact) mass is 352 g/mol. The quantitative estimate of drug-likeness (QED) is 0.843. The third-order valence-electron chi connectivity index (χ3n) is 4.99. The number of hydrogen-bond acceptors (Lipinski definition) is 4. The van der Waals surface area contributed by atoms with Gasteiger partial charge in [-0.15, -0.1) is 0 Å². The number of nitrogens with one attached hydrogen (secondary N) is 1. The summed E-state index contributed by atoms with van der Waals surface area (Å²) in [5.41, 5.74) is 1.75. The molecule has 4 nitrogen and oxygen atoms in total. The molecule has 136 valence electrons. The van der Waals surface area contributed by atoms with E-state index in [9.17, 15) is 13.2 Å². The van der Waals surface area contributed by atoms with Gasteiger partial charge in [-0.3, -0.25) is 0 Å². The number of hydrogen-bond donors (Lipinski definition) is 1. The van der Waals surface area contributed by atoms with Crippen molar-refractivity contribution in [3.63, 3.8) is 0 Å². The first-order valence-corrected chi connectivity index (χ1v) is 8.51. The Balaban J connectivity index is 1.79. The molecule has 2 aliphatic rings. The van der Waals surface area contributed by atoms with Crippen LogP contribution in [0.1, 0.15) is 30.9 Å². The zero-order valence-electron chi connectivity index (χ0n) is 14.4. The van der Waals surface area contributed by atoms with Crippen LogP contribution in [0.5, 0.6) is 0 Å². The summed E-state index contributed by atoms with van der Waals surface area (Å²) in [6.45, 7) is 9.71. The minimum absolute atomic E-state index is 0.135. The summed E-state index contributed by atoms with van der Waals surface area (Å²) in [6, 6.07) is 1.53. The number of aromatic nitrogens is 1. The molecule has 7 heteroatoms. The Morgan fingerprint density at radius 2 is 2.08 bits per heavy atom. The molecule has 0 amide bonds. The lowest BCUT2D eigenvalue weighted by Crippen LogP contribution is -2.58. The fourth-order valence-corrected chi connectivity index (χ4v) is 3.66. The molecule has 0 bridgehead atoms. The smallest absolute Gasteiger partial charge is 0.370 e. The highest BCUT2D eigenvalue weighted by Gasteiger charge is 2.44. The number of pyridine rings is 1. The van der Waals surface area contributed by atoms with Crippen LogP contribution in [0.4, 0.5) is 19.0 Å². The Kier molecular flexibility index (Phi) is 4.86. The summed E-state index contributed by atoms with van der Waals surface area (Å²) in [4.78, 5) is 10.5. The van der Waals surface area contributed by atoms with Crippen LogP contribution >= 0.6 is 0 Å². The first kappa shape index (κ1) is 17.9. The molecular weight excluding hydrogens is 329 g/mol. The van der Waals surface area contributed by atoms with E-state index < -0.39 is 12.6 Å². The van der Waals surface area contributed by atoms with E-state index in [-0.39, 0.29) is 5.56 Å². The molecule has 2 aliphatic heterocycles. The van der Waals surface area contributed by atoms with Gasteiger partial charge in [0.05, 0.1) is 6.42 Å². The number of aliphatic imine (C=N–C) groups is 1. The highest BCUT2D eigenvalue weighted by molar-refractivity contribution is 5.73. The summed E-state index contributed by atoms with van der Waals surface area (Å²) >= 11 is 0. The van der Waals surface area contributed by atoms with Gasteiger partial charge >= 0.3 is 6.18 Å². The average Bonchev–Trinajstić information content (AvgIpc) is 2.53. The lowest BCUT2D eigenvalue weighted by molar-refractivity contribution is -0.127. The van der Waals surface area contributed by atoms with Gasteiger partial charge in [0.25, 0.3) is 0 Å². The molecule has 0 unspecified atom stereocenters. The highest BCUT2D eigenvalue weighted by atomic mass is 19.4. The topological polar surface area (TPSA) is 40.5 Å². The van der Waals surface area contributed by atoms with Crippen molar-refractivity contribution in [1.29, 1.82) is 0 Å². The molecule has 0 saturated carbocycles. The standard InChI is InChI=1S/C18H23F3N4/c1-3-23-16-15(8-14(10-24-16)9-18(19,20)21)13(2)25-11-17(12-25)4-6-22-7-5-17/h3,8,10,22H,2,4-7,9,11-12H2,1H3/b23-3-. The summed E-state index contributed by atoms with van der Waals surface area (Å²) in [5, 5.41) is 3.36. The average molecular weight is 352 g/mol. The molecule has 0 aromatic carbocycles. The van der Waals surface area contributed by atoms with Gasteiger partial charge in [-0.05, 0) is 44.5 Å². The van der Waals surface area contributed by atoms with Crippen LogP contribution in [0.3, 0.4) is 0 Å². The van der Waals surface area contributed by atoms with Crippen molar-refractivity contribution in [2.75, 3.05) is 26.2 Å². The number of halogens is 3. The Hall–Kier alpha value is -1.89. The maximum absolute atomic E-state index is 12.7. The van der Waals surface area contributed by atoms with Crippen LogP contribution in [-0.2, 0) is 6.42 Å². The van der Waals surface area contributed by atoms with E-state index in [1.54, 1.807) is 13.1 Å². The first-order chi connectivity index (χ1) is 11.8. The van der Waals surface area contributed by atoms with Gasteiger partial charge < -0.3 is 10.2 Å². The lowest BCUT2D eigenvalue weighted by Gasteiger charge is -2.54. The van der Waals surface area contributed by atoms with Crippen LogP contribution in [0.15, 0.2) is 23.8 Å². The molecule has 3 rings (SSSR count). The van der Waals surface area contributed by atoms with Crippen LogP contribution in [0, 0.1) is 5.41 Å². The van der Waals surface area contributed by atoms with Crippen molar-refractivity contribution in [1.82, 2.24) is 15.2 Å². The molecule has 1 aromatic heterocycles. The van der Waals surface area contributed by atoms with E-state index in [4.69, 9.17) is 0 Å². The van der Waals surface area contributed by atoms with E-state index in [2.05, 4.69) is 26.8 Å². The van der Waals surface area contributed by atoms with Crippen molar-refractivity contribution in [3.05, 3.63) is 30.0 Å². The minimum Gasteiger partial charge on any atom is -0.370 e. The molecule has 3 heterocycles. The summed E-state index contributed by atoms with van der Waals surface area (Å²) < 4.78 is 38.1. The van der Waals surface area contributed by atoms with Crippen LogP contribution in [0.25, 0.3) is 5.70 Å². The Bertz CT molecular complexity index is 667. The van der Waals surface area contributed by atoms with E-state index in [1.807, 2.05) is 0 Å². The maximum Gasteiger partial charge on any atom is 0.393 e. The van der Waals surface area contributed by atoms with Crippen LogP contribution < -0.4 is 5.32 Å². The van der Waals surface area contributed by atoms with Gasteiger partial charge in [-0.25, -0.2) is 9.98 Å². The van der Waals surface area contributed by atoms with Crippen LogP contribution in [0.2, 0.25) is 0 Å². The molecule has 0 atom stereocenters. The number of nitrogens with zero attached hydrogens (tertiary/aromatic N) is 3. The fourth-order valence-electron chi connectivity index (χ4n) is 3.66. The van der Waals surface area contributed by atoms with E-state index in [0.29, 0.717) is 22.5 Å². The number of likely N-dealkylation sites (tertiary alicyclic amines) is 1. The summed E-state index contributed by atoms with van der Waals surface area (Å²) in [5.74, 6) is 0.421. The van der Waals surface area contributed by atoms with Crippen molar-refractivity contribution in [2.24, 2.45) is 10.4 Å². The van der Waals surface area contributed by atoms with Gasteiger partial charge in [0, 0.05) is 42.2 Å². The predicted molar refractivity (Wildman–Crippen MR) is 93.0 cm³/mol. The summed E-state index contributed by atoms with van der Waals surface area (Å²) in [7, 11) is 0. The molecule has 1 N–H and O–H groups in total. The normalized spacial score (nSPS) is 20.1. The molecule has 2 saturated heterocycles. The SMILES string of the molecule is C=C(c1cc(CC(F)(F)F)cnc1/N=C\C)N1CC2(CCNCC2)C1. The summed E-state index contributed by atoms with van der Waals surface area (Å²) in [6.07, 6.45) is -0.159. The molecule has 1 spiro atoms. The third kappa shape index (κ3) is 4.03. The van der Waals surface area contributed by atoms with Crippen molar-refractivity contribution >= 4 is 17.7 Å². The third-order valence-corrected chi connectivity index (χ3v) is 4.99. The number of piperidine rings is 1. The Morgan fingerprint density at radius 3 is 2.68 bits per heavy atom. The van der Waals surface area contributed by atoms with Gasteiger partial charge in [0.1, 0.15) is 0 Å². The second-order valence-electron chi connectivity index (χ2n) is 6.95. The predicted octanol–water partition coefficient (Wildman–Crippen LogP) is 3.56. The maximum atomic E-state index is 12.7. The zero-order valence-corrected chi connectivity index (χ0v) is 14.4. The van der Waals surface area contributed by atoms with Gasteiger partial charge in [0.2, 0.25) is 0 Å². The van der Waals surface area contributed by atoms with E-state index in [1.165, 1.54) is 12.3 Å². The largest absolute Gasteiger partial charge is 0.393 e. The Labute approximate surface area is 145 Å². The van der Waals surface area contributed by atoms with E-state index in [0.717, 1.165) is 39.0 Å². The zero-order chi connectivity index (χ0) is 18.1. The lowest BCUT2D eigenvalue weighted by atomic mass is 9.72. The number of rotatable bonds is 4. The fraction of sp³-hybridized carbons (Fsp3) is 0.556. The molecular formula is C18H23F3N4. The molecule has 25 heavy (non-hydrogen) atoms. The minimum atomic E-state index is -4.26. The number of alkyl halides is 3. The highest BCUT2D eigenvalue weighted by Crippen LogP contribution is 2.43. The molecule has 0 radical (unpaired) electrons. The van der Waals surface area contributed by atoms with Gasteiger partial charge in [0.15, 0.2) is 5.82 Å². The first-order valence-electron chi connectivity index (χ1n) is 8.51. The van der Waals surface area contributed by atoms with Crippen molar-refractivity contribution in [2.45, 2.75) is 32.4 Å². The van der Waals surface area contributed by atoms with Gasteiger partial charge in [-0.1, -0.05) is 6.58 Å². The second-order valence-corrected chi connectivity index (χ2v) is 6.95. The van der Waals surface area contributed by atoms with Crippen molar-refractivity contribution in [3.8, 4) is 0 Å². The molecule has 1 aromatic rings. The Morgan fingerprint density at radius 1 is 1.40 bits per heavy atom.